The highest BCUT2D eigenvalue weighted by molar-refractivity contribution is 5.91. The van der Waals surface area contributed by atoms with E-state index in [0.29, 0.717) is 24.7 Å². The molecule has 23 heavy (non-hydrogen) atoms. The lowest BCUT2D eigenvalue weighted by Crippen LogP contribution is -2.23. The lowest BCUT2D eigenvalue weighted by Gasteiger charge is -2.13. The zero-order chi connectivity index (χ0) is 16.7. The van der Waals surface area contributed by atoms with E-state index in [-0.39, 0.29) is 5.91 Å². The van der Waals surface area contributed by atoms with E-state index in [2.05, 4.69) is 0 Å². The van der Waals surface area contributed by atoms with Crippen LogP contribution in [-0.4, -0.2) is 31.6 Å². The summed E-state index contributed by atoms with van der Waals surface area (Å²) in [5, 5.41) is 0. The smallest absolute Gasteiger partial charge is 0.246 e. The molecule has 1 amide bonds. The van der Waals surface area contributed by atoms with Crippen LogP contribution in [0.15, 0.2) is 47.1 Å². The van der Waals surface area contributed by atoms with Crippen LogP contribution >= 0.6 is 0 Å². The average Bonchev–Trinajstić information content (AvgIpc) is 3.06. The Morgan fingerprint density at radius 1 is 1.30 bits per heavy atom. The molecule has 2 aromatic rings. The van der Waals surface area contributed by atoms with Crippen LogP contribution in [0.25, 0.3) is 6.08 Å². The molecule has 0 saturated carbocycles. The van der Waals surface area contributed by atoms with E-state index < -0.39 is 0 Å². The second kappa shape index (κ2) is 8.08. The first-order chi connectivity index (χ1) is 11.1. The summed E-state index contributed by atoms with van der Waals surface area (Å²) >= 11 is 0. The number of ether oxygens (including phenoxy) is 2. The third-order valence-corrected chi connectivity index (χ3v) is 3.26. The van der Waals surface area contributed by atoms with Gasteiger partial charge >= 0.3 is 0 Å². The molecular weight excluding hydrogens is 294 g/mol. The van der Waals surface area contributed by atoms with Gasteiger partial charge in [-0.25, -0.2) is 0 Å². The Morgan fingerprint density at radius 3 is 2.78 bits per heavy atom. The van der Waals surface area contributed by atoms with Crippen LogP contribution in [0.5, 0.6) is 11.5 Å². The summed E-state index contributed by atoms with van der Waals surface area (Å²) in [5.41, 5.74) is 0.866. The van der Waals surface area contributed by atoms with E-state index in [1.807, 2.05) is 31.2 Å². The van der Waals surface area contributed by atoms with E-state index in [9.17, 15) is 4.79 Å². The molecular formula is C18H21NO4. The van der Waals surface area contributed by atoms with Gasteiger partial charge in [0.05, 0.1) is 26.5 Å². The summed E-state index contributed by atoms with van der Waals surface area (Å²) in [7, 11) is 3.32. The Kier molecular flexibility index (Phi) is 5.86. The summed E-state index contributed by atoms with van der Waals surface area (Å²) < 4.78 is 16.0. The second-order valence-electron chi connectivity index (χ2n) is 4.95. The van der Waals surface area contributed by atoms with Gasteiger partial charge in [0, 0.05) is 13.1 Å². The van der Waals surface area contributed by atoms with Gasteiger partial charge < -0.3 is 18.8 Å². The van der Waals surface area contributed by atoms with Crippen molar-refractivity contribution in [3.63, 3.8) is 0 Å². The summed E-state index contributed by atoms with van der Waals surface area (Å²) in [4.78, 5) is 13.7. The van der Waals surface area contributed by atoms with E-state index in [4.69, 9.17) is 13.9 Å². The summed E-state index contributed by atoms with van der Waals surface area (Å²) in [6.07, 6.45) is 4.87. The molecule has 5 heteroatoms. The Labute approximate surface area is 136 Å². The number of hydrogen-bond donors (Lipinski definition) is 0. The molecule has 1 aromatic heterocycles. The van der Waals surface area contributed by atoms with Crippen LogP contribution in [0.3, 0.4) is 0 Å². The van der Waals surface area contributed by atoms with Gasteiger partial charge in [0.25, 0.3) is 0 Å². The fraction of sp³-hybridized carbons (Fsp3) is 0.278. The van der Waals surface area contributed by atoms with Crippen LogP contribution in [0, 0.1) is 0 Å². The average molecular weight is 315 g/mol. The Morgan fingerprint density at radius 2 is 2.13 bits per heavy atom. The molecule has 0 bridgehead atoms. The van der Waals surface area contributed by atoms with Gasteiger partial charge in [0.2, 0.25) is 5.91 Å². The van der Waals surface area contributed by atoms with Gasteiger partial charge in [-0.2, -0.15) is 0 Å². The van der Waals surface area contributed by atoms with Crippen LogP contribution in [0.2, 0.25) is 0 Å². The number of furan rings is 1. The maximum atomic E-state index is 12.1. The number of amides is 1. The van der Waals surface area contributed by atoms with E-state index >= 15 is 0 Å². The number of carbonyl (C=O) groups excluding carboxylic acids is 1. The fourth-order valence-corrected chi connectivity index (χ4v) is 2.07. The lowest BCUT2D eigenvalue weighted by atomic mass is 10.2. The highest BCUT2D eigenvalue weighted by atomic mass is 16.5. The molecule has 0 atom stereocenters. The monoisotopic (exact) mass is 315 g/mol. The number of benzene rings is 1. The van der Waals surface area contributed by atoms with Crippen LogP contribution < -0.4 is 9.47 Å². The van der Waals surface area contributed by atoms with E-state index in [0.717, 1.165) is 11.3 Å². The van der Waals surface area contributed by atoms with Crippen molar-refractivity contribution < 1.29 is 18.7 Å². The van der Waals surface area contributed by atoms with Gasteiger partial charge in [-0.3, -0.25) is 4.79 Å². The molecule has 1 aromatic carbocycles. The van der Waals surface area contributed by atoms with Crippen molar-refractivity contribution in [2.24, 2.45) is 0 Å². The first-order valence-corrected chi connectivity index (χ1v) is 7.40. The highest BCUT2D eigenvalue weighted by Gasteiger charge is 2.08. The number of hydrogen-bond acceptors (Lipinski definition) is 4. The first kappa shape index (κ1) is 16.7. The number of carbonyl (C=O) groups is 1. The van der Waals surface area contributed by atoms with Crippen LogP contribution in [-0.2, 0) is 11.3 Å². The number of methoxy groups -OCH3 is 1. The van der Waals surface area contributed by atoms with Crippen molar-refractivity contribution in [1.29, 1.82) is 0 Å². The summed E-state index contributed by atoms with van der Waals surface area (Å²) in [6.45, 7) is 2.92. The third kappa shape index (κ3) is 4.64. The standard InChI is InChI=1S/C18H21NO4/c1-4-22-16-9-7-14(12-17(16)21-3)8-10-18(20)19(2)13-15-6-5-11-23-15/h5-12H,4,13H2,1-3H3/b10-8+. The molecule has 0 saturated heterocycles. The second-order valence-corrected chi connectivity index (χ2v) is 4.95. The molecule has 0 unspecified atom stereocenters. The van der Waals surface area contributed by atoms with Gasteiger partial charge in [-0.15, -0.1) is 0 Å². The van der Waals surface area contributed by atoms with E-state index in [1.165, 1.54) is 6.08 Å². The third-order valence-electron chi connectivity index (χ3n) is 3.26. The normalized spacial score (nSPS) is 10.7. The molecule has 0 aliphatic rings. The van der Waals surface area contributed by atoms with Gasteiger partial charge in [0.1, 0.15) is 5.76 Å². The Balaban J connectivity index is 2.02. The van der Waals surface area contributed by atoms with E-state index in [1.54, 1.807) is 37.5 Å². The molecule has 0 radical (unpaired) electrons. The number of rotatable bonds is 7. The minimum Gasteiger partial charge on any atom is -0.493 e. The van der Waals surface area contributed by atoms with Crippen molar-refractivity contribution in [3.05, 3.63) is 54.0 Å². The molecule has 1 heterocycles. The fourth-order valence-electron chi connectivity index (χ4n) is 2.07. The van der Waals surface area contributed by atoms with Gasteiger partial charge in [-0.05, 0) is 42.8 Å². The van der Waals surface area contributed by atoms with Crippen molar-refractivity contribution in [2.75, 3.05) is 20.8 Å². The zero-order valence-corrected chi connectivity index (χ0v) is 13.6. The quantitative estimate of drug-likeness (QED) is 0.735. The Hall–Kier alpha value is -2.69. The summed E-state index contributed by atoms with van der Waals surface area (Å²) in [6, 6.07) is 9.19. The molecule has 0 aliphatic carbocycles. The zero-order valence-electron chi connectivity index (χ0n) is 13.6. The number of likely N-dealkylation sites (N-methyl/N-ethyl adjacent to an activating group) is 1. The molecule has 5 nitrogen and oxygen atoms in total. The van der Waals surface area contributed by atoms with Crippen molar-refractivity contribution in [3.8, 4) is 11.5 Å². The Bertz CT molecular complexity index is 662. The molecule has 122 valence electrons. The van der Waals surface area contributed by atoms with Crippen LogP contribution in [0.1, 0.15) is 18.2 Å². The molecule has 0 aliphatic heterocycles. The summed E-state index contributed by atoms with van der Waals surface area (Å²) in [5.74, 6) is 1.98. The minimum atomic E-state index is -0.103. The molecule has 0 spiro atoms. The van der Waals surface area contributed by atoms with Crippen molar-refractivity contribution in [2.45, 2.75) is 13.5 Å². The lowest BCUT2D eigenvalue weighted by molar-refractivity contribution is -0.125. The van der Waals surface area contributed by atoms with Crippen molar-refractivity contribution >= 4 is 12.0 Å². The SMILES string of the molecule is CCOc1ccc(/C=C/C(=O)N(C)Cc2ccco2)cc1OC. The molecule has 2 rings (SSSR count). The molecule has 0 N–H and O–H groups in total. The largest absolute Gasteiger partial charge is 0.493 e. The topological polar surface area (TPSA) is 51.9 Å². The number of nitrogens with zero attached hydrogens (tertiary/aromatic N) is 1. The predicted molar refractivity (Wildman–Crippen MR) is 88.4 cm³/mol. The first-order valence-electron chi connectivity index (χ1n) is 7.40. The van der Waals surface area contributed by atoms with Crippen LogP contribution in [0.4, 0.5) is 0 Å². The van der Waals surface area contributed by atoms with Gasteiger partial charge in [-0.1, -0.05) is 6.07 Å². The molecule has 0 fully saturated rings. The predicted octanol–water partition coefficient (Wildman–Crippen LogP) is 3.36. The minimum absolute atomic E-state index is 0.103. The maximum Gasteiger partial charge on any atom is 0.246 e. The van der Waals surface area contributed by atoms with Crippen molar-refractivity contribution in [1.82, 2.24) is 4.90 Å². The maximum absolute atomic E-state index is 12.1. The highest BCUT2D eigenvalue weighted by Crippen LogP contribution is 2.28. The van der Waals surface area contributed by atoms with Gasteiger partial charge in [0.15, 0.2) is 11.5 Å².